The van der Waals surface area contributed by atoms with Crippen LogP contribution in [0.5, 0.6) is 11.5 Å². The smallest absolute Gasteiger partial charge is 0.297 e. The van der Waals surface area contributed by atoms with E-state index in [4.69, 9.17) is 19.4 Å². The Hall–Kier alpha value is -10.4. The van der Waals surface area contributed by atoms with E-state index >= 15 is 0 Å². The van der Waals surface area contributed by atoms with E-state index in [1.807, 2.05) is 129 Å². The van der Waals surface area contributed by atoms with Gasteiger partial charge in [-0.2, -0.15) is 9.98 Å². The number of ether oxygens (including phenoxy) is 2. The third-order valence-corrected chi connectivity index (χ3v) is 17.1. The Labute approximate surface area is 500 Å². The second-order valence-electron chi connectivity index (χ2n) is 20.4. The van der Waals surface area contributed by atoms with Gasteiger partial charge in [-0.15, -0.1) is 22.7 Å². The number of nitrogens with zero attached hydrogens (tertiary/aromatic N) is 8. The third kappa shape index (κ3) is 11.0. The molecule has 8 bridgehead atoms. The van der Waals surface area contributed by atoms with Crippen molar-refractivity contribution in [1.82, 2.24) is 29.1 Å². The molecule has 0 atom stereocenters. The number of allylic oxidation sites excluding steroid dienone is 4. The molecule has 86 heavy (non-hydrogen) atoms. The second-order valence-corrected chi connectivity index (χ2v) is 22.1. The summed E-state index contributed by atoms with van der Waals surface area (Å²) < 4.78 is 14.0. The molecule has 2 aliphatic heterocycles. The average Bonchev–Trinajstić information content (AvgIpc) is 2.68. The summed E-state index contributed by atoms with van der Waals surface area (Å²) in [4.78, 5) is 80.6. The van der Waals surface area contributed by atoms with E-state index in [9.17, 15) is 29.8 Å². The number of hydrogen-bond acceptors (Lipinski definition) is 12. The summed E-state index contributed by atoms with van der Waals surface area (Å²) in [7, 11) is 2.87. The Balaban J connectivity index is 1.03. The molecule has 430 valence electrons. The van der Waals surface area contributed by atoms with Crippen LogP contribution < -0.4 is 19.1 Å². The minimum atomic E-state index is -0.485. The number of H-pyrrole nitrogens is 2. The van der Waals surface area contributed by atoms with Gasteiger partial charge in [0, 0.05) is 56.8 Å². The van der Waals surface area contributed by atoms with Crippen LogP contribution in [0.4, 0.5) is 11.4 Å². The number of thiazole rings is 2. The standard InChI is InChI=1S/C66H56N10O8S2/c1-9-45-37(3)49-31-50-39(5)47(23-27-63(77)71-65-73(61(35-85-65)41-17-13-11-14-18-41)57-25-21-43(83-7)29-59(57)75(79)80)55(69-50)34-56-48(40(6)52(70-56)33-54-46(10-2)38(4)51(68-54)32-53(45)67-49)24-28-64(78)72-66-74(62(36-86-66)42-19-15-12-16-20-42)58-26-22-44(84-8)30-60(58)76(81)82/h9-22,25-26,29-36,67-68H,1-2,23-24,27-28H2,3-8H3. The molecule has 9 aromatic rings. The summed E-state index contributed by atoms with van der Waals surface area (Å²) in [6, 6.07) is 35.8. The predicted octanol–water partition coefficient (Wildman–Crippen LogP) is 14.8. The number of nitrogens with one attached hydrogen (secondary N) is 2. The van der Waals surface area contributed by atoms with Crippen LogP contribution in [0.1, 0.15) is 84.6 Å². The van der Waals surface area contributed by atoms with Crippen molar-refractivity contribution in [1.29, 1.82) is 0 Å². The molecule has 7 heterocycles. The topological polar surface area (TPSA) is 231 Å². The third-order valence-electron chi connectivity index (χ3n) is 15.5. The highest BCUT2D eigenvalue weighted by Gasteiger charge is 2.27. The Morgan fingerprint density at radius 1 is 0.570 bits per heavy atom. The molecule has 11 rings (SSSR count). The molecule has 0 spiro atoms. The summed E-state index contributed by atoms with van der Waals surface area (Å²) >= 11 is 2.39. The Morgan fingerprint density at radius 3 is 1.38 bits per heavy atom. The molecule has 18 nitrogen and oxygen atoms in total. The van der Waals surface area contributed by atoms with E-state index in [0.29, 0.717) is 45.7 Å². The summed E-state index contributed by atoms with van der Waals surface area (Å²) in [6.07, 6.45) is 3.93. The summed E-state index contributed by atoms with van der Waals surface area (Å²) in [5.41, 5.74) is 15.3. The number of carbonyl (C=O) groups excluding carboxylic acids is 2. The van der Waals surface area contributed by atoms with Crippen molar-refractivity contribution in [3.8, 4) is 45.4 Å². The molecule has 0 saturated carbocycles. The van der Waals surface area contributed by atoms with Gasteiger partial charge in [-0.25, -0.2) is 9.97 Å². The van der Waals surface area contributed by atoms with Crippen LogP contribution in [0, 0.1) is 34.1 Å². The number of nitro groups is 2. The first-order valence-corrected chi connectivity index (χ1v) is 29.1. The molecule has 2 N–H and O–H groups in total. The van der Waals surface area contributed by atoms with E-state index in [0.717, 1.165) is 77.7 Å². The lowest BCUT2D eigenvalue weighted by Crippen LogP contribution is -2.17. The van der Waals surface area contributed by atoms with Crippen molar-refractivity contribution in [2.45, 2.75) is 53.4 Å². The van der Waals surface area contributed by atoms with E-state index in [2.05, 4.69) is 39.2 Å². The monoisotopic (exact) mass is 1180 g/mol. The number of fused-ring (bicyclic) bond motifs is 8. The van der Waals surface area contributed by atoms with Crippen molar-refractivity contribution < 1.29 is 28.9 Å². The van der Waals surface area contributed by atoms with Gasteiger partial charge in [-0.05, 0) is 134 Å². The quantitative estimate of drug-likeness (QED) is 0.0686. The number of carbonyl (C=O) groups is 2. The summed E-state index contributed by atoms with van der Waals surface area (Å²) in [5.74, 6) is -0.327. The van der Waals surface area contributed by atoms with Crippen molar-refractivity contribution in [2.75, 3.05) is 14.2 Å². The van der Waals surface area contributed by atoms with E-state index < -0.39 is 21.7 Å². The second kappa shape index (κ2) is 24.0. The minimum absolute atomic E-state index is 0.0558. The molecule has 0 fully saturated rings. The summed E-state index contributed by atoms with van der Waals surface area (Å²) in [6.45, 7) is 16.3. The molecule has 2 aliphatic rings. The zero-order valence-electron chi connectivity index (χ0n) is 47.8. The van der Waals surface area contributed by atoms with Gasteiger partial charge in [0.25, 0.3) is 11.4 Å². The lowest BCUT2D eigenvalue weighted by atomic mass is 9.98. The zero-order chi connectivity index (χ0) is 60.5. The molecular weight excluding hydrogens is 1120 g/mol. The largest absolute Gasteiger partial charge is 0.496 e. The summed E-state index contributed by atoms with van der Waals surface area (Å²) in [5, 5.41) is 28.8. The van der Waals surface area contributed by atoms with Gasteiger partial charge in [0.05, 0.1) is 70.4 Å². The number of aryl methyl sites for hydroxylation is 2. The van der Waals surface area contributed by atoms with Crippen LogP contribution in [0.2, 0.25) is 0 Å². The van der Waals surface area contributed by atoms with Crippen LogP contribution in [0.25, 0.3) is 90.4 Å². The van der Waals surface area contributed by atoms with Gasteiger partial charge < -0.3 is 19.4 Å². The number of hydrogen-bond donors (Lipinski definition) is 2. The molecule has 0 aliphatic carbocycles. The fraction of sp³-hybridized carbons (Fsp3) is 0.152. The van der Waals surface area contributed by atoms with Crippen LogP contribution in [0.3, 0.4) is 0 Å². The Bertz CT molecular complexity index is 4710. The lowest BCUT2D eigenvalue weighted by molar-refractivity contribution is -0.384. The van der Waals surface area contributed by atoms with Crippen molar-refractivity contribution >= 4 is 102 Å². The average molecular weight is 1180 g/mol. The molecule has 0 radical (unpaired) electrons. The Morgan fingerprint density at radius 2 is 0.977 bits per heavy atom. The maximum absolute atomic E-state index is 14.4. The number of aromatic amines is 2. The number of methoxy groups -OCH3 is 2. The van der Waals surface area contributed by atoms with Crippen molar-refractivity contribution in [3.63, 3.8) is 0 Å². The highest BCUT2D eigenvalue weighted by atomic mass is 32.1. The van der Waals surface area contributed by atoms with Crippen LogP contribution in [-0.4, -0.2) is 65.0 Å². The fourth-order valence-electron chi connectivity index (χ4n) is 10.9. The molecule has 20 heteroatoms. The molecule has 4 aromatic carbocycles. The van der Waals surface area contributed by atoms with Crippen molar-refractivity contribution in [3.05, 3.63) is 220 Å². The first-order chi connectivity index (χ1) is 41.6. The minimum Gasteiger partial charge on any atom is -0.496 e. The molecule has 0 unspecified atom stereocenters. The predicted molar refractivity (Wildman–Crippen MR) is 340 cm³/mol. The van der Waals surface area contributed by atoms with Gasteiger partial charge in [0.2, 0.25) is 11.8 Å². The van der Waals surface area contributed by atoms with Gasteiger partial charge in [0.15, 0.2) is 9.60 Å². The highest BCUT2D eigenvalue weighted by Crippen LogP contribution is 2.40. The normalized spacial score (nSPS) is 12.7. The van der Waals surface area contributed by atoms with Crippen molar-refractivity contribution in [2.24, 2.45) is 9.98 Å². The van der Waals surface area contributed by atoms with E-state index in [1.54, 1.807) is 33.4 Å². The molecular formula is C66H56N10O8S2. The molecule has 2 amide bonds. The van der Waals surface area contributed by atoms with Gasteiger partial charge in [0.1, 0.15) is 22.9 Å². The SMILES string of the molecule is C=Cc1c(C)c2cc3[nH]c(cc4nc(cc5nc(cc1[nH]2)C(C)=C5CCC(=O)N=c1scc(-c2ccccc2)n1-c1ccc(OC)cc1[N+](=O)[O-])C(CCC(=O)N=c1scc(-c2ccccc2)n1-c1ccc(OC)cc1[N+](=O)[O-])=C4C)c(C)c3C=C. The number of nitro benzene ring substituents is 2. The lowest BCUT2D eigenvalue weighted by Gasteiger charge is -2.11. The molecule has 5 aromatic heterocycles. The first kappa shape index (κ1) is 57.4. The number of benzene rings is 4. The van der Waals surface area contributed by atoms with E-state index in [-0.39, 0.29) is 58.0 Å². The Kier molecular flexibility index (Phi) is 16.0. The number of aromatic nitrogens is 6. The maximum atomic E-state index is 14.4. The van der Waals surface area contributed by atoms with E-state index in [1.165, 1.54) is 49.0 Å². The van der Waals surface area contributed by atoms with Gasteiger partial charge in [-0.3, -0.25) is 39.0 Å². The molecule has 0 saturated heterocycles. The van der Waals surface area contributed by atoms with Crippen LogP contribution in [0.15, 0.2) is 155 Å². The first-order valence-electron chi connectivity index (χ1n) is 27.3. The van der Waals surface area contributed by atoms with Gasteiger partial charge >= 0.3 is 0 Å². The van der Waals surface area contributed by atoms with Crippen LogP contribution in [-0.2, 0) is 9.59 Å². The highest BCUT2D eigenvalue weighted by molar-refractivity contribution is 7.07. The zero-order valence-corrected chi connectivity index (χ0v) is 49.4. The van der Waals surface area contributed by atoms with Crippen LogP contribution >= 0.6 is 22.7 Å². The van der Waals surface area contributed by atoms with Gasteiger partial charge in [-0.1, -0.05) is 86.0 Å². The fourth-order valence-corrected chi connectivity index (χ4v) is 12.7. The number of amides is 2. The number of rotatable bonds is 16. The maximum Gasteiger partial charge on any atom is 0.297 e.